The summed E-state index contributed by atoms with van der Waals surface area (Å²) in [5.41, 5.74) is 0. The Morgan fingerprint density at radius 2 is 2.38 bits per heavy atom. The van der Waals surface area contributed by atoms with Gasteiger partial charge in [-0.25, -0.2) is 0 Å². The number of thioether (sulfide) groups is 1. The summed E-state index contributed by atoms with van der Waals surface area (Å²) in [7, 11) is 0. The zero-order chi connectivity index (χ0) is 14.2. The number of carbonyl (C=O) groups excluding carboxylic acids is 2. The van der Waals surface area contributed by atoms with Gasteiger partial charge in [0.15, 0.2) is 0 Å². The highest BCUT2D eigenvalue weighted by molar-refractivity contribution is 8.01. The number of amides is 2. The first-order valence-electron chi connectivity index (χ1n) is 7.55. The maximum atomic E-state index is 12.4. The Labute approximate surface area is 136 Å². The predicted octanol–water partition coefficient (Wildman–Crippen LogP) is 0.978. The van der Waals surface area contributed by atoms with Crippen LogP contribution in [0.1, 0.15) is 32.6 Å². The van der Waals surface area contributed by atoms with Crippen LogP contribution in [0.2, 0.25) is 0 Å². The highest BCUT2D eigenvalue weighted by Crippen LogP contribution is 2.47. The summed E-state index contributed by atoms with van der Waals surface area (Å²) >= 11 is 1.75. The fraction of sp³-hybridized carbons (Fsp3) is 0.857. The first-order valence-corrected chi connectivity index (χ1v) is 8.53. The Balaban J connectivity index is 0.00000161. The Hall–Kier alpha value is -0.460. The summed E-state index contributed by atoms with van der Waals surface area (Å²) in [5.74, 6) is 1.43. The molecule has 7 heteroatoms. The van der Waals surface area contributed by atoms with Gasteiger partial charge in [-0.2, -0.15) is 0 Å². The van der Waals surface area contributed by atoms with Crippen LogP contribution < -0.4 is 10.6 Å². The molecule has 0 spiro atoms. The maximum absolute atomic E-state index is 12.4. The average Bonchev–Trinajstić information content (AvgIpc) is 2.95. The van der Waals surface area contributed by atoms with Gasteiger partial charge >= 0.3 is 0 Å². The highest BCUT2D eigenvalue weighted by Gasteiger charge is 2.52. The van der Waals surface area contributed by atoms with Crippen molar-refractivity contribution in [2.24, 2.45) is 5.92 Å². The van der Waals surface area contributed by atoms with Gasteiger partial charge < -0.3 is 15.5 Å². The molecule has 21 heavy (non-hydrogen) atoms. The number of piperidine rings is 1. The minimum absolute atomic E-state index is 0. The van der Waals surface area contributed by atoms with Gasteiger partial charge in [0.2, 0.25) is 11.8 Å². The molecule has 3 aliphatic heterocycles. The number of nitrogens with zero attached hydrogens (tertiary/aromatic N) is 1. The van der Waals surface area contributed by atoms with Gasteiger partial charge in [0, 0.05) is 18.7 Å². The van der Waals surface area contributed by atoms with Crippen LogP contribution >= 0.6 is 24.2 Å². The number of fused-ring (bicyclic) bond motifs is 1. The molecule has 5 nitrogen and oxygen atoms in total. The molecule has 0 aromatic rings. The van der Waals surface area contributed by atoms with E-state index in [1.807, 2.05) is 4.90 Å². The van der Waals surface area contributed by atoms with E-state index in [0.29, 0.717) is 12.3 Å². The Kier molecular flexibility index (Phi) is 5.43. The van der Waals surface area contributed by atoms with Crippen LogP contribution in [0, 0.1) is 5.92 Å². The third-order valence-corrected chi connectivity index (χ3v) is 6.22. The van der Waals surface area contributed by atoms with E-state index in [1.165, 1.54) is 12.8 Å². The minimum Gasteiger partial charge on any atom is -0.354 e. The van der Waals surface area contributed by atoms with Crippen LogP contribution in [0.25, 0.3) is 0 Å². The first-order chi connectivity index (χ1) is 9.60. The van der Waals surface area contributed by atoms with E-state index in [-0.39, 0.29) is 35.1 Å². The second-order valence-corrected chi connectivity index (χ2v) is 7.72. The highest BCUT2D eigenvalue weighted by atomic mass is 35.5. The van der Waals surface area contributed by atoms with Crippen molar-refractivity contribution in [1.29, 1.82) is 0 Å². The maximum Gasteiger partial charge on any atom is 0.243 e. The molecule has 3 aliphatic rings. The molecule has 3 fully saturated rings. The lowest BCUT2D eigenvalue weighted by molar-refractivity contribution is -0.138. The summed E-state index contributed by atoms with van der Waals surface area (Å²) in [5, 5.41) is 6.42. The third kappa shape index (κ3) is 3.32. The number of hydrogen-bond acceptors (Lipinski definition) is 4. The van der Waals surface area contributed by atoms with Crippen LogP contribution in [0.15, 0.2) is 0 Å². The summed E-state index contributed by atoms with van der Waals surface area (Å²) < 4.78 is 0. The normalized spacial score (nSPS) is 35.3. The molecule has 0 radical (unpaired) electrons. The van der Waals surface area contributed by atoms with E-state index in [4.69, 9.17) is 0 Å². The number of hydrogen-bond donors (Lipinski definition) is 2. The second kappa shape index (κ2) is 6.75. The lowest BCUT2D eigenvalue weighted by Crippen LogP contribution is -2.51. The zero-order valence-corrected chi connectivity index (χ0v) is 14.0. The second-order valence-electron chi connectivity index (χ2n) is 6.22. The van der Waals surface area contributed by atoms with Crippen molar-refractivity contribution >= 4 is 36.0 Å². The standard InChI is InChI=1S/C14H23N3O2S.ClH/c1-14-5-4-12(18)17(14)11(9-20-14)13(19)16-8-10-3-2-6-15-7-10;/h10-11,15H,2-9H2,1H3,(H,16,19);1H. The van der Waals surface area contributed by atoms with Gasteiger partial charge in [0.1, 0.15) is 6.04 Å². The van der Waals surface area contributed by atoms with E-state index >= 15 is 0 Å². The van der Waals surface area contributed by atoms with Crippen molar-refractivity contribution in [3.63, 3.8) is 0 Å². The lowest BCUT2D eigenvalue weighted by atomic mass is 9.99. The summed E-state index contributed by atoms with van der Waals surface area (Å²) in [6.07, 6.45) is 3.81. The largest absolute Gasteiger partial charge is 0.354 e. The van der Waals surface area contributed by atoms with Crippen LogP contribution in [-0.2, 0) is 9.59 Å². The van der Waals surface area contributed by atoms with E-state index in [9.17, 15) is 9.59 Å². The average molecular weight is 334 g/mol. The topological polar surface area (TPSA) is 61.4 Å². The number of rotatable bonds is 3. The molecular formula is C14H24ClN3O2S. The summed E-state index contributed by atoms with van der Waals surface area (Å²) in [6.45, 7) is 4.89. The molecule has 3 atom stereocenters. The van der Waals surface area contributed by atoms with E-state index in [2.05, 4.69) is 17.6 Å². The van der Waals surface area contributed by atoms with Crippen LogP contribution in [0.4, 0.5) is 0 Å². The minimum atomic E-state index is -0.267. The molecule has 0 bridgehead atoms. The molecule has 0 saturated carbocycles. The van der Waals surface area contributed by atoms with E-state index in [1.54, 1.807) is 11.8 Å². The molecule has 0 aliphatic carbocycles. The van der Waals surface area contributed by atoms with Gasteiger partial charge in [0.05, 0.1) is 4.87 Å². The van der Waals surface area contributed by atoms with Crippen molar-refractivity contribution in [3.05, 3.63) is 0 Å². The van der Waals surface area contributed by atoms with Crippen molar-refractivity contribution < 1.29 is 9.59 Å². The molecular weight excluding hydrogens is 310 g/mol. The quantitative estimate of drug-likeness (QED) is 0.808. The van der Waals surface area contributed by atoms with Crippen LogP contribution in [-0.4, -0.2) is 53.0 Å². The van der Waals surface area contributed by atoms with Crippen LogP contribution in [0.3, 0.4) is 0 Å². The molecule has 2 N–H and O–H groups in total. The fourth-order valence-corrected chi connectivity index (χ4v) is 4.91. The smallest absolute Gasteiger partial charge is 0.243 e. The molecule has 120 valence electrons. The summed E-state index contributed by atoms with van der Waals surface area (Å²) in [4.78, 5) is 26.1. The fourth-order valence-electron chi connectivity index (χ4n) is 3.48. The first kappa shape index (κ1) is 16.9. The molecule has 3 heterocycles. The van der Waals surface area contributed by atoms with Crippen LogP contribution in [0.5, 0.6) is 0 Å². The van der Waals surface area contributed by atoms with Gasteiger partial charge in [-0.15, -0.1) is 24.2 Å². The Morgan fingerprint density at radius 1 is 1.57 bits per heavy atom. The van der Waals surface area contributed by atoms with Crippen molar-refractivity contribution in [3.8, 4) is 0 Å². The lowest BCUT2D eigenvalue weighted by Gasteiger charge is -2.30. The van der Waals surface area contributed by atoms with Gasteiger partial charge in [-0.05, 0) is 45.2 Å². The third-order valence-electron chi connectivity index (χ3n) is 4.71. The predicted molar refractivity (Wildman–Crippen MR) is 86.6 cm³/mol. The van der Waals surface area contributed by atoms with Gasteiger partial charge in [0.25, 0.3) is 0 Å². The molecule has 0 aromatic carbocycles. The zero-order valence-electron chi connectivity index (χ0n) is 12.4. The number of carbonyl (C=O) groups is 2. The molecule has 3 unspecified atom stereocenters. The van der Waals surface area contributed by atoms with E-state index < -0.39 is 0 Å². The van der Waals surface area contributed by atoms with E-state index in [0.717, 1.165) is 31.8 Å². The Bertz CT molecular complexity index is 417. The molecule has 2 amide bonds. The monoisotopic (exact) mass is 333 g/mol. The van der Waals surface area contributed by atoms with Gasteiger partial charge in [-0.3, -0.25) is 9.59 Å². The van der Waals surface area contributed by atoms with Crippen molar-refractivity contribution in [1.82, 2.24) is 15.5 Å². The summed E-state index contributed by atoms with van der Waals surface area (Å²) in [6, 6.07) is -0.267. The SMILES string of the molecule is CC12CCC(=O)N1C(C(=O)NCC1CCCNC1)CS2.Cl. The molecule has 3 rings (SSSR count). The molecule has 0 aromatic heterocycles. The number of nitrogens with one attached hydrogen (secondary N) is 2. The number of halogens is 1. The molecule has 3 saturated heterocycles. The van der Waals surface area contributed by atoms with Crippen molar-refractivity contribution in [2.45, 2.75) is 43.5 Å². The van der Waals surface area contributed by atoms with Crippen molar-refractivity contribution in [2.75, 3.05) is 25.4 Å². The Morgan fingerprint density at radius 3 is 3.10 bits per heavy atom. The van der Waals surface area contributed by atoms with Gasteiger partial charge in [-0.1, -0.05) is 0 Å².